The van der Waals surface area contributed by atoms with E-state index in [1.54, 1.807) is 4.90 Å². The zero-order chi connectivity index (χ0) is 17.1. The summed E-state index contributed by atoms with van der Waals surface area (Å²) < 4.78 is 0. The Morgan fingerprint density at radius 3 is 2.67 bits per heavy atom. The average Bonchev–Trinajstić information content (AvgIpc) is 2.90. The maximum absolute atomic E-state index is 12.2. The maximum atomic E-state index is 12.2. The van der Waals surface area contributed by atoms with Crippen molar-refractivity contribution in [2.45, 2.75) is 32.2 Å². The number of amides is 2. The number of hydrogen-bond acceptors (Lipinski definition) is 3. The molecule has 0 bridgehead atoms. The molecule has 0 aliphatic carbocycles. The predicted molar refractivity (Wildman–Crippen MR) is 92.3 cm³/mol. The molecule has 0 aromatic heterocycles. The smallest absolute Gasteiger partial charge is 0.317 e. The van der Waals surface area contributed by atoms with E-state index in [0.717, 1.165) is 13.0 Å². The molecule has 130 valence electrons. The summed E-state index contributed by atoms with van der Waals surface area (Å²) in [5, 5.41) is 12.0. The number of likely N-dealkylation sites (tertiary alicyclic amines) is 1. The Bertz CT molecular complexity index is 611. The van der Waals surface area contributed by atoms with Crippen LogP contribution in [0.2, 0.25) is 0 Å². The summed E-state index contributed by atoms with van der Waals surface area (Å²) in [5.74, 6) is -1.06. The monoisotopic (exact) mass is 331 g/mol. The van der Waals surface area contributed by atoms with Crippen LogP contribution >= 0.6 is 0 Å². The summed E-state index contributed by atoms with van der Waals surface area (Å²) in [6.45, 7) is 4.63. The number of fused-ring (bicyclic) bond motifs is 1. The molecule has 1 unspecified atom stereocenters. The predicted octanol–water partition coefficient (Wildman–Crippen LogP) is 1.94. The maximum Gasteiger partial charge on any atom is 0.317 e. The van der Waals surface area contributed by atoms with Gasteiger partial charge in [-0.1, -0.05) is 18.2 Å². The van der Waals surface area contributed by atoms with Crippen molar-refractivity contribution in [2.24, 2.45) is 5.92 Å². The van der Waals surface area contributed by atoms with Gasteiger partial charge in [-0.25, -0.2) is 4.79 Å². The summed E-state index contributed by atoms with van der Waals surface area (Å²) in [4.78, 5) is 27.2. The minimum absolute atomic E-state index is 0.0843. The lowest BCUT2D eigenvalue weighted by molar-refractivity contribution is -0.143. The quantitative estimate of drug-likeness (QED) is 0.884. The van der Waals surface area contributed by atoms with E-state index in [0.29, 0.717) is 38.5 Å². The highest BCUT2D eigenvalue weighted by Gasteiger charge is 2.28. The Morgan fingerprint density at radius 2 is 1.96 bits per heavy atom. The molecular weight excluding hydrogens is 306 g/mol. The molecule has 3 rings (SSSR count). The third-order valence-corrected chi connectivity index (χ3v) is 5.11. The first kappa shape index (κ1) is 16.6. The van der Waals surface area contributed by atoms with Crippen molar-refractivity contribution >= 4 is 17.7 Å². The van der Waals surface area contributed by atoms with Crippen molar-refractivity contribution in [3.05, 3.63) is 29.8 Å². The number of para-hydroxylation sites is 1. The second kappa shape index (κ2) is 7.11. The number of carbonyl (C=O) groups is 2. The molecule has 0 saturated carbocycles. The molecule has 0 radical (unpaired) electrons. The fourth-order valence-electron chi connectivity index (χ4n) is 3.69. The van der Waals surface area contributed by atoms with Crippen LogP contribution in [0, 0.1) is 5.92 Å². The van der Waals surface area contributed by atoms with Gasteiger partial charge in [0.2, 0.25) is 0 Å². The van der Waals surface area contributed by atoms with E-state index >= 15 is 0 Å². The number of carboxylic acid groups (broad SMARTS) is 1. The molecule has 0 spiro atoms. The topological polar surface area (TPSA) is 72.9 Å². The van der Waals surface area contributed by atoms with Crippen LogP contribution in [0.5, 0.6) is 0 Å². The lowest BCUT2D eigenvalue weighted by Gasteiger charge is -2.31. The van der Waals surface area contributed by atoms with Crippen LogP contribution in [-0.2, 0) is 11.2 Å². The van der Waals surface area contributed by atoms with Crippen molar-refractivity contribution in [1.82, 2.24) is 10.2 Å². The van der Waals surface area contributed by atoms with E-state index in [9.17, 15) is 9.59 Å². The van der Waals surface area contributed by atoms with E-state index in [1.807, 2.05) is 0 Å². The normalized spacial score (nSPS) is 20.8. The van der Waals surface area contributed by atoms with Gasteiger partial charge in [0.1, 0.15) is 0 Å². The first-order valence-corrected chi connectivity index (χ1v) is 8.66. The lowest BCUT2D eigenvalue weighted by Crippen LogP contribution is -2.47. The molecule has 1 fully saturated rings. The fourth-order valence-corrected chi connectivity index (χ4v) is 3.69. The zero-order valence-electron chi connectivity index (χ0n) is 14.1. The molecule has 2 N–H and O–H groups in total. The largest absolute Gasteiger partial charge is 0.481 e. The molecule has 2 aliphatic rings. The molecular formula is C18H25N3O3. The highest BCUT2D eigenvalue weighted by Crippen LogP contribution is 2.31. The lowest BCUT2D eigenvalue weighted by atomic mass is 9.97. The van der Waals surface area contributed by atoms with Gasteiger partial charge in [-0.2, -0.15) is 0 Å². The molecule has 2 amide bonds. The third kappa shape index (κ3) is 3.47. The van der Waals surface area contributed by atoms with Gasteiger partial charge in [-0.15, -0.1) is 0 Å². The number of anilines is 1. The number of hydrogen-bond donors (Lipinski definition) is 2. The minimum atomic E-state index is -0.753. The van der Waals surface area contributed by atoms with Gasteiger partial charge in [0.15, 0.2) is 0 Å². The molecule has 1 aromatic rings. The summed E-state index contributed by atoms with van der Waals surface area (Å²) >= 11 is 0. The van der Waals surface area contributed by atoms with Crippen molar-refractivity contribution in [1.29, 1.82) is 0 Å². The van der Waals surface area contributed by atoms with Crippen LogP contribution in [0.25, 0.3) is 0 Å². The van der Waals surface area contributed by atoms with Crippen LogP contribution in [0.4, 0.5) is 10.5 Å². The van der Waals surface area contributed by atoms with Crippen molar-refractivity contribution in [2.75, 3.05) is 31.1 Å². The van der Waals surface area contributed by atoms with Crippen molar-refractivity contribution < 1.29 is 14.7 Å². The van der Waals surface area contributed by atoms with E-state index in [4.69, 9.17) is 5.11 Å². The number of urea groups is 1. The van der Waals surface area contributed by atoms with Crippen molar-refractivity contribution in [3.8, 4) is 0 Å². The molecule has 6 nitrogen and oxygen atoms in total. The van der Waals surface area contributed by atoms with Crippen molar-refractivity contribution in [3.63, 3.8) is 0 Å². The van der Waals surface area contributed by atoms with Crippen LogP contribution in [0.15, 0.2) is 24.3 Å². The minimum Gasteiger partial charge on any atom is -0.481 e. The number of aliphatic carboxylic acids is 1. The SMILES string of the molecule is CC1Cc2ccccc2N1CCNC(=O)N1CCC(C(=O)O)CC1. The number of rotatable bonds is 4. The molecule has 6 heteroatoms. The van der Waals surface area contributed by atoms with Gasteiger partial charge in [0.25, 0.3) is 0 Å². The van der Waals surface area contributed by atoms with Gasteiger partial charge >= 0.3 is 12.0 Å². The molecule has 24 heavy (non-hydrogen) atoms. The first-order chi connectivity index (χ1) is 11.6. The number of nitrogens with zero attached hydrogens (tertiary/aromatic N) is 2. The third-order valence-electron chi connectivity index (χ3n) is 5.11. The summed E-state index contributed by atoms with van der Waals surface area (Å²) in [5.41, 5.74) is 2.63. The first-order valence-electron chi connectivity index (χ1n) is 8.66. The molecule has 1 atom stereocenters. The Kier molecular flexibility index (Phi) is 4.92. The van der Waals surface area contributed by atoms with Gasteiger partial charge in [-0.05, 0) is 37.8 Å². The Balaban J connectivity index is 1.45. The summed E-state index contributed by atoms with van der Waals surface area (Å²) in [6, 6.07) is 8.78. The average molecular weight is 331 g/mol. The van der Waals surface area contributed by atoms with E-state index in [1.165, 1.54) is 11.3 Å². The standard InChI is InChI=1S/C18H25N3O3/c1-13-12-15-4-2-3-5-16(15)21(13)11-8-19-18(24)20-9-6-14(7-10-20)17(22)23/h2-5,13-14H,6-12H2,1H3,(H,19,24)(H,22,23). The van der Waals surface area contributed by atoms with Crippen LogP contribution in [0.3, 0.4) is 0 Å². The fraction of sp³-hybridized carbons (Fsp3) is 0.556. The molecule has 1 saturated heterocycles. The molecule has 2 aliphatic heterocycles. The second-order valence-corrected chi connectivity index (χ2v) is 6.71. The number of carboxylic acids is 1. The van der Waals surface area contributed by atoms with Gasteiger partial charge < -0.3 is 20.2 Å². The Morgan fingerprint density at radius 1 is 1.25 bits per heavy atom. The number of carbonyl (C=O) groups excluding carboxylic acids is 1. The molecule has 2 heterocycles. The number of piperidine rings is 1. The number of nitrogens with one attached hydrogen (secondary N) is 1. The van der Waals surface area contributed by atoms with E-state index < -0.39 is 5.97 Å². The Labute approximate surface area is 142 Å². The van der Waals surface area contributed by atoms with Crippen LogP contribution < -0.4 is 10.2 Å². The highest BCUT2D eigenvalue weighted by atomic mass is 16.4. The zero-order valence-corrected chi connectivity index (χ0v) is 14.1. The van der Waals surface area contributed by atoms with E-state index in [-0.39, 0.29) is 11.9 Å². The van der Waals surface area contributed by atoms with E-state index in [2.05, 4.69) is 41.4 Å². The van der Waals surface area contributed by atoms with Crippen LogP contribution in [0.1, 0.15) is 25.3 Å². The highest BCUT2D eigenvalue weighted by molar-refractivity contribution is 5.75. The van der Waals surface area contributed by atoms with Gasteiger partial charge in [-0.3, -0.25) is 4.79 Å². The van der Waals surface area contributed by atoms with Gasteiger partial charge in [0, 0.05) is 37.9 Å². The number of benzene rings is 1. The Hall–Kier alpha value is -2.24. The summed E-state index contributed by atoms with van der Waals surface area (Å²) in [6.07, 6.45) is 2.13. The molecule has 1 aromatic carbocycles. The second-order valence-electron chi connectivity index (χ2n) is 6.71. The van der Waals surface area contributed by atoms with Crippen LogP contribution in [-0.4, -0.2) is 54.2 Å². The summed E-state index contributed by atoms with van der Waals surface area (Å²) in [7, 11) is 0. The van der Waals surface area contributed by atoms with Gasteiger partial charge in [0.05, 0.1) is 5.92 Å².